The van der Waals surface area contributed by atoms with Crippen LogP contribution in [0.15, 0.2) is 0 Å². The fourth-order valence-corrected chi connectivity index (χ4v) is 0. The second-order valence-electron chi connectivity index (χ2n) is 0. The van der Waals surface area contributed by atoms with Gasteiger partial charge in [0.15, 0.2) is 0 Å². The van der Waals surface area contributed by atoms with Crippen LogP contribution in [0.5, 0.6) is 0 Å². The molecular weight excluding hydrogens is 149 g/mol. The van der Waals surface area contributed by atoms with Crippen LogP contribution in [0, 0.1) is 0 Å². The summed E-state index contributed by atoms with van der Waals surface area (Å²) in [6, 6.07) is 0. The van der Waals surface area contributed by atoms with Crippen LogP contribution in [0.3, 0.4) is 0 Å². The minimum Gasteiger partial charge on any atom is -0.693 e. The molecule has 0 fully saturated rings. The minimum absolute atomic E-state index is 0. The summed E-state index contributed by atoms with van der Waals surface area (Å²) in [7, 11) is 0. The summed E-state index contributed by atoms with van der Waals surface area (Å²) in [6.07, 6.45) is 0. The molecular formula is H12CoN3O3. The molecule has 0 amide bonds. The molecule has 7 heteroatoms. The molecule has 54 valence electrons. The van der Waals surface area contributed by atoms with E-state index in [-0.39, 0.29) is 51.7 Å². The zero-order valence-electron chi connectivity index (χ0n) is 3.57. The standard InChI is InChI=1S/Co.3H2N.3H2O/h;6*1H2/q+3;3*-1;;;. The maximum Gasteiger partial charge on any atom is 3.00 e. The average Bonchev–Trinajstić information content (AvgIpc) is 0. The summed E-state index contributed by atoms with van der Waals surface area (Å²) in [5.41, 5.74) is 0. The number of nitrogens with two attached hydrogens (primary N) is 3. The molecule has 0 rings (SSSR count). The molecule has 7 heavy (non-hydrogen) atoms. The SMILES string of the molecule is O.O.O.[Co+3].[NH2-].[NH2-].[NH2-]. The van der Waals surface area contributed by atoms with Crippen LogP contribution in [0.2, 0.25) is 0 Å². The minimum atomic E-state index is 0. The molecule has 0 aromatic carbocycles. The third-order valence-corrected chi connectivity index (χ3v) is 0. The molecule has 12 N–H and O–H groups in total. The molecule has 6 nitrogen and oxygen atoms in total. The van der Waals surface area contributed by atoms with Crippen LogP contribution in [-0.4, -0.2) is 16.4 Å². The molecule has 0 aliphatic heterocycles. The molecule has 0 aliphatic carbocycles. The van der Waals surface area contributed by atoms with Gasteiger partial charge >= 0.3 is 16.8 Å². The molecule has 0 bridgehead atoms. The maximum absolute atomic E-state index is 0. The van der Waals surface area contributed by atoms with Crippen molar-refractivity contribution in [2.45, 2.75) is 0 Å². The summed E-state index contributed by atoms with van der Waals surface area (Å²) in [6.45, 7) is 0. The van der Waals surface area contributed by atoms with E-state index in [2.05, 4.69) is 0 Å². The van der Waals surface area contributed by atoms with E-state index in [9.17, 15) is 0 Å². The summed E-state index contributed by atoms with van der Waals surface area (Å²) in [4.78, 5) is 0. The molecule has 0 atom stereocenters. The Bertz CT molecular complexity index is 10.1. The molecule has 0 unspecified atom stereocenters. The Morgan fingerprint density at radius 2 is 0.429 bits per heavy atom. The molecule has 0 aromatic rings. The van der Waals surface area contributed by atoms with Crippen LogP contribution in [0.4, 0.5) is 0 Å². The average molecular weight is 161 g/mol. The first kappa shape index (κ1) is 4020. The summed E-state index contributed by atoms with van der Waals surface area (Å²) < 4.78 is 0. The van der Waals surface area contributed by atoms with Crippen molar-refractivity contribution >= 4 is 0 Å². The summed E-state index contributed by atoms with van der Waals surface area (Å²) in [5.74, 6) is 0. The number of hydrogen-bond donors (Lipinski definition) is 0. The second-order valence-corrected chi connectivity index (χ2v) is 0. The van der Waals surface area contributed by atoms with Gasteiger partial charge in [-0.25, -0.2) is 0 Å². The van der Waals surface area contributed by atoms with Crippen molar-refractivity contribution in [3.8, 4) is 0 Å². The predicted molar refractivity (Wildman–Crippen MR) is 26.7 cm³/mol. The van der Waals surface area contributed by atoms with E-state index in [1.165, 1.54) is 0 Å². The van der Waals surface area contributed by atoms with E-state index in [1.807, 2.05) is 0 Å². The van der Waals surface area contributed by atoms with Crippen molar-refractivity contribution in [3.05, 3.63) is 18.5 Å². The van der Waals surface area contributed by atoms with Gasteiger partial charge in [-0.15, -0.1) is 0 Å². The first-order chi connectivity index (χ1) is 0. The largest absolute Gasteiger partial charge is 3.00 e. The van der Waals surface area contributed by atoms with Crippen LogP contribution in [0.1, 0.15) is 0 Å². The van der Waals surface area contributed by atoms with Gasteiger partial charge in [0.25, 0.3) is 0 Å². The van der Waals surface area contributed by atoms with Crippen molar-refractivity contribution in [1.29, 1.82) is 0 Å². The van der Waals surface area contributed by atoms with Crippen molar-refractivity contribution in [1.82, 2.24) is 0 Å². The molecule has 0 saturated heterocycles. The van der Waals surface area contributed by atoms with E-state index < -0.39 is 0 Å². The maximum atomic E-state index is 0. The quantitative estimate of drug-likeness (QED) is 0.448. The van der Waals surface area contributed by atoms with Crippen molar-refractivity contribution in [3.63, 3.8) is 0 Å². The van der Waals surface area contributed by atoms with Crippen molar-refractivity contribution in [2.24, 2.45) is 0 Å². The van der Waals surface area contributed by atoms with E-state index in [0.29, 0.717) is 0 Å². The second kappa shape index (κ2) is 2450. The number of hydrogen-bond acceptors (Lipinski definition) is 0. The normalized spacial score (nSPS) is 0. The molecule has 0 radical (unpaired) electrons. The molecule has 0 spiro atoms. The fraction of sp³-hybridized carbons (Fsp3) is 0. The summed E-state index contributed by atoms with van der Waals surface area (Å²) >= 11 is 0. The zero-order valence-corrected chi connectivity index (χ0v) is 4.61. The monoisotopic (exact) mass is 161 g/mol. The van der Waals surface area contributed by atoms with Gasteiger partial charge in [-0.05, 0) is 0 Å². The van der Waals surface area contributed by atoms with Crippen molar-refractivity contribution < 1.29 is 33.2 Å². The third-order valence-electron chi connectivity index (χ3n) is 0. The van der Waals surface area contributed by atoms with Crippen LogP contribution in [0.25, 0.3) is 18.5 Å². The van der Waals surface area contributed by atoms with Gasteiger partial charge in [0.1, 0.15) is 0 Å². The third kappa shape index (κ3) is 1610. The van der Waals surface area contributed by atoms with E-state index in [1.54, 1.807) is 0 Å². The Morgan fingerprint density at radius 3 is 0.429 bits per heavy atom. The van der Waals surface area contributed by atoms with Gasteiger partial charge in [0, 0.05) is 0 Å². The topological polar surface area (TPSA) is 195 Å². The van der Waals surface area contributed by atoms with Gasteiger partial charge in [-0.1, -0.05) is 0 Å². The summed E-state index contributed by atoms with van der Waals surface area (Å²) in [5, 5.41) is 0. The van der Waals surface area contributed by atoms with E-state index in [4.69, 9.17) is 0 Å². The van der Waals surface area contributed by atoms with Gasteiger partial charge in [0.2, 0.25) is 0 Å². The number of rotatable bonds is 0. The van der Waals surface area contributed by atoms with Gasteiger partial charge < -0.3 is 34.9 Å². The Kier molecular flexibility index (Phi) is 1400000. The Hall–Kier alpha value is 0.266. The first-order valence-corrected chi connectivity index (χ1v) is 0. The zero-order chi connectivity index (χ0) is 0. The Balaban J connectivity index is 0. The van der Waals surface area contributed by atoms with E-state index in [0.717, 1.165) is 0 Å². The van der Waals surface area contributed by atoms with Gasteiger partial charge in [0.05, 0.1) is 0 Å². The van der Waals surface area contributed by atoms with Crippen LogP contribution < -0.4 is 0 Å². The van der Waals surface area contributed by atoms with E-state index >= 15 is 0 Å². The molecule has 0 aliphatic rings. The fourth-order valence-electron chi connectivity index (χ4n) is 0. The van der Waals surface area contributed by atoms with Crippen LogP contribution in [-0.2, 0) is 16.8 Å². The Morgan fingerprint density at radius 1 is 0.429 bits per heavy atom. The first-order valence-electron chi connectivity index (χ1n) is 0. The Labute approximate surface area is 52.5 Å². The smallest absolute Gasteiger partial charge is 0.693 e. The predicted octanol–water partition coefficient (Wildman–Crippen LogP) is -0.325. The van der Waals surface area contributed by atoms with Crippen LogP contribution >= 0.6 is 0 Å². The van der Waals surface area contributed by atoms with Crippen molar-refractivity contribution in [2.75, 3.05) is 0 Å². The molecule has 0 aromatic heterocycles. The van der Waals surface area contributed by atoms with Gasteiger partial charge in [-0.2, -0.15) is 0 Å². The van der Waals surface area contributed by atoms with Gasteiger partial charge in [-0.3, -0.25) is 0 Å². The molecule has 0 saturated carbocycles. The molecule has 0 heterocycles.